The number of aromatic nitrogens is 2. The molecule has 0 unspecified atom stereocenters. The molecule has 4 rings (SSSR count). The number of nitrogens with one attached hydrogen (secondary N) is 2. The van der Waals surface area contributed by atoms with E-state index in [9.17, 15) is 0 Å². The highest BCUT2D eigenvalue weighted by molar-refractivity contribution is 6.31. The van der Waals surface area contributed by atoms with E-state index in [0.29, 0.717) is 0 Å². The summed E-state index contributed by atoms with van der Waals surface area (Å²) >= 11 is 6.33. The van der Waals surface area contributed by atoms with Gasteiger partial charge in [0.05, 0.1) is 17.3 Å². The molecular formula is C18H19ClN4. The zero-order valence-corrected chi connectivity index (χ0v) is 14.0. The molecule has 0 radical (unpaired) electrons. The van der Waals surface area contributed by atoms with Gasteiger partial charge in [-0.2, -0.15) is 5.10 Å². The van der Waals surface area contributed by atoms with E-state index in [2.05, 4.69) is 46.9 Å². The van der Waals surface area contributed by atoms with Gasteiger partial charge in [-0.3, -0.25) is 4.68 Å². The molecule has 5 heteroatoms. The Hall–Kier alpha value is -2.04. The van der Waals surface area contributed by atoms with Crippen molar-refractivity contribution in [2.24, 2.45) is 7.05 Å². The van der Waals surface area contributed by atoms with Crippen molar-refractivity contribution >= 4 is 28.2 Å². The van der Waals surface area contributed by atoms with Crippen LogP contribution in [0.4, 0.5) is 5.69 Å². The molecule has 0 aliphatic carbocycles. The lowest BCUT2D eigenvalue weighted by Gasteiger charge is -2.45. The van der Waals surface area contributed by atoms with E-state index >= 15 is 0 Å². The van der Waals surface area contributed by atoms with Crippen LogP contribution in [0.5, 0.6) is 0 Å². The number of anilines is 1. The van der Waals surface area contributed by atoms with Crippen LogP contribution < -0.4 is 10.6 Å². The van der Waals surface area contributed by atoms with E-state index in [-0.39, 0.29) is 5.54 Å². The van der Waals surface area contributed by atoms with Gasteiger partial charge in [0.1, 0.15) is 0 Å². The summed E-state index contributed by atoms with van der Waals surface area (Å²) in [5, 5.41) is 13.4. The van der Waals surface area contributed by atoms with Crippen molar-refractivity contribution in [2.45, 2.75) is 12.5 Å². The van der Waals surface area contributed by atoms with Crippen molar-refractivity contribution in [3.63, 3.8) is 0 Å². The van der Waals surface area contributed by atoms with Crippen molar-refractivity contribution < 1.29 is 0 Å². The Morgan fingerprint density at radius 2 is 2.09 bits per heavy atom. The Balaban J connectivity index is 1.74. The van der Waals surface area contributed by atoms with Crippen LogP contribution in [0.15, 0.2) is 42.6 Å². The summed E-state index contributed by atoms with van der Waals surface area (Å²) < 4.78 is 1.90. The monoisotopic (exact) mass is 326 g/mol. The van der Waals surface area contributed by atoms with Crippen LogP contribution in [0.2, 0.25) is 5.02 Å². The number of nitrogens with zero attached hydrogens (tertiary/aromatic N) is 2. The molecule has 2 N–H and O–H groups in total. The van der Waals surface area contributed by atoms with Gasteiger partial charge in [0.2, 0.25) is 0 Å². The molecule has 1 aliphatic heterocycles. The average Bonchev–Trinajstić information content (AvgIpc) is 2.87. The predicted octanol–water partition coefficient (Wildman–Crippen LogP) is 3.45. The minimum atomic E-state index is -0.110. The van der Waals surface area contributed by atoms with Gasteiger partial charge in [-0.25, -0.2) is 0 Å². The van der Waals surface area contributed by atoms with Crippen molar-refractivity contribution in [3.05, 3.63) is 58.7 Å². The lowest BCUT2D eigenvalue weighted by atomic mass is 9.81. The number of benzene rings is 2. The molecule has 1 fully saturated rings. The van der Waals surface area contributed by atoms with E-state index in [1.807, 2.05) is 30.1 Å². The number of rotatable bonds is 3. The van der Waals surface area contributed by atoms with Crippen molar-refractivity contribution in [3.8, 4) is 0 Å². The van der Waals surface area contributed by atoms with Crippen LogP contribution in [0.1, 0.15) is 11.1 Å². The zero-order chi connectivity index (χ0) is 16.0. The standard InChI is InChI=1S/C18H19ClN4/c1-12-15(4-3-5-16(12)19)18(10-20-11-18)22-14-7-6-13-9-21-23(2)17(13)8-14/h3-9,20,22H,10-11H2,1-2H3. The molecule has 23 heavy (non-hydrogen) atoms. The molecule has 118 valence electrons. The largest absolute Gasteiger partial charge is 0.373 e. The highest BCUT2D eigenvalue weighted by atomic mass is 35.5. The van der Waals surface area contributed by atoms with Crippen LogP contribution in [-0.2, 0) is 12.6 Å². The SMILES string of the molecule is Cc1c(Cl)cccc1C1(Nc2ccc3cnn(C)c3c2)CNC1. The third kappa shape index (κ3) is 2.30. The molecule has 1 aromatic heterocycles. The van der Waals surface area contributed by atoms with Crippen LogP contribution in [0.25, 0.3) is 10.9 Å². The number of hydrogen-bond acceptors (Lipinski definition) is 3. The van der Waals surface area contributed by atoms with Gasteiger partial charge in [0.15, 0.2) is 0 Å². The summed E-state index contributed by atoms with van der Waals surface area (Å²) in [6.45, 7) is 3.86. The molecule has 4 nitrogen and oxygen atoms in total. The fourth-order valence-corrected chi connectivity index (χ4v) is 3.52. The molecule has 3 aromatic rings. The van der Waals surface area contributed by atoms with Crippen LogP contribution in [0.3, 0.4) is 0 Å². The Morgan fingerprint density at radius 3 is 2.83 bits per heavy atom. The highest BCUT2D eigenvalue weighted by Crippen LogP contribution is 2.35. The second-order valence-corrected chi connectivity index (χ2v) is 6.67. The molecule has 0 saturated carbocycles. The zero-order valence-electron chi connectivity index (χ0n) is 13.2. The van der Waals surface area contributed by atoms with Gasteiger partial charge in [0.25, 0.3) is 0 Å². The molecule has 0 atom stereocenters. The molecular weight excluding hydrogens is 308 g/mol. The number of fused-ring (bicyclic) bond motifs is 1. The average molecular weight is 327 g/mol. The van der Waals surface area contributed by atoms with Crippen LogP contribution >= 0.6 is 11.6 Å². The maximum absolute atomic E-state index is 6.33. The maximum atomic E-state index is 6.33. The first-order chi connectivity index (χ1) is 11.1. The van der Waals surface area contributed by atoms with Gasteiger partial charge in [-0.15, -0.1) is 0 Å². The summed E-state index contributed by atoms with van der Waals surface area (Å²) in [6, 6.07) is 12.5. The Morgan fingerprint density at radius 1 is 1.26 bits per heavy atom. The summed E-state index contributed by atoms with van der Waals surface area (Å²) in [5.41, 5.74) is 4.52. The van der Waals surface area contributed by atoms with E-state index in [1.165, 1.54) is 5.56 Å². The molecule has 2 heterocycles. The van der Waals surface area contributed by atoms with Gasteiger partial charge < -0.3 is 10.6 Å². The Kier molecular flexibility index (Phi) is 3.32. The molecule has 0 amide bonds. The van der Waals surface area contributed by atoms with Crippen LogP contribution in [-0.4, -0.2) is 22.9 Å². The highest BCUT2D eigenvalue weighted by Gasteiger charge is 2.40. The first-order valence-electron chi connectivity index (χ1n) is 7.75. The topological polar surface area (TPSA) is 41.9 Å². The molecule has 0 spiro atoms. The van der Waals surface area contributed by atoms with Crippen molar-refractivity contribution in [1.82, 2.24) is 15.1 Å². The van der Waals surface area contributed by atoms with Gasteiger partial charge in [-0.05, 0) is 42.3 Å². The summed E-state index contributed by atoms with van der Waals surface area (Å²) in [6.07, 6.45) is 1.89. The lowest BCUT2D eigenvalue weighted by molar-refractivity contribution is 0.316. The Labute approximate surface area is 140 Å². The molecule has 1 saturated heterocycles. The number of aryl methyl sites for hydroxylation is 1. The first-order valence-corrected chi connectivity index (χ1v) is 8.13. The number of halogens is 1. The van der Waals surface area contributed by atoms with E-state index < -0.39 is 0 Å². The van der Waals surface area contributed by atoms with E-state index in [4.69, 9.17) is 11.6 Å². The van der Waals surface area contributed by atoms with Crippen LogP contribution in [0, 0.1) is 6.92 Å². The fourth-order valence-electron chi connectivity index (χ4n) is 3.35. The minimum Gasteiger partial charge on any atom is -0.373 e. The lowest BCUT2D eigenvalue weighted by Crippen LogP contribution is -2.61. The smallest absolute Gasteiger partial charge is 0.0877 e. The first kappa shape index (κ1) is 14.5. The molecule has 0 bridgehead atoms. The normalized spacial score (nSPS) is 16.3. The third-order valence-electron chi connectivity index (χ3n) is 4.77. The van der Waals surface area contributed by atoms with Gasteiger partial charge in [0, 0.05) is 36.2 Å². The quantitative estimate of drug-likeness (QED) is 0.774. The van der Waals surface area contributed by atoms with Gasteiger partial charge in [-0.1, -0.05) is 23.7 Å². The molecule has 2 aromatic carbocycles. The second-order valence-electron chi connectivity index (χ2n) is 6.26. The summed E-state index contributed by atoms with van der Waals surface area (Å²) in [7, 11) is 1.97. The number of hydrogen-bond donors (Lipinski definition) is 2. The predicted molar refractivity (Wildman–Crippen MR) is 95.1 cm³/mol. The summed E-state index contributed by atoms with van der Waals surface area (Å²) in [5.74, 6) is 0. The Bertz CT molecular complexity index is 880. The van der Waals surface area contributed by atoms with E-state index in [0.717, 1.165) is 40.3 Å². The van der Waals surface area contributed by atoms with Crippen molar-refractivity contribution in [2.75, 3.05) is 18.4 Å². The summed E-state index contributed by atoms with van der Waals surface area (Å²) in [4.78, 5) is 0. The second kappa shape index (κ2) is 5.25. The third-order valence-corrected chi connectivity index (χ3v) is 5.18. The minimum absolute atomic E-state index is 0.110. The molecule has 1 aliphatic rings. The van der Waals surface area contributed by atoms with Crippen molar-refractivity contribution in [1.29, 1.82) is 0 Å². The maximum Gasteiger partial charge on any atom is 0.0877 e. The fraction of sp³-hybridized carbons (Fsp3) is 0.278. The van der Waals surface area contributed by atoms with Gasteiger partial charge >= 0.3 is 0 Å². The van der Waals surface area contributed by atoms with E-state index in [1.54, 1.807) is 0 Å².